The maximum Gasteiger partial charge on any atom is 0.339 e. The molecule has 0 fully saturated rings. The molecule has 12 heteroatoms. The fourth-order valence-corrected chi connectivity index (χ4v) is 3.89. The number of hydrogen-bond donors (Lipinski definition) is 2. The first-order valence-corrected chi connectivity index (χ1v) is 10.9. The number of rotatable bonds is 9. The fraction of sp³-hybridized carbons (Fsp3) is 0.263. The third-order valence-corrected chi connectivity index (χ3v) is 5.16. The highest BCUT2D eigenvalue weighted by molar-refractivity contribution is 7.51. The van der Waals surface area contributed by atoms with Crippen LogP contribution < -0.4 is 9.47 Å². The molecule has 0 bridgehead atoms. The summed E-state index contributed by atoms with van der Waals surface area (Å²) in [5, 5.41) is 11.4. The van der Waals surface area contributed by atoms with Crippen molar-refractivity contribution in [2.75, 3.05) is 20.5 Å². The van der Waals surface area contributed by atoms with Crippen molar-refractivity contribution in [1.82, 2.24) is 14.9 Å². The van der Waals surface area contributed by atoms with Crippen molar-refractivity contribution in [3.63, 3.8) is 0 Å². The van der Waals surface area contributed by atoms with Gasteiger partial charge in [0.2, 0.25) is 0 Å². The second-order valence-electron chi connectivity index (χ2n) is 6.75. The van der Waals surface area contributed by atoms with E-state index in [2.05, 4.69) is 9.97 Å². The van der Waals surface area contributed by atoms with Crippen LogP contribution >= 0.6 is 7.60 Å². The Balaban J connectivity index is 2.10. The number of nitro benzene ring substituents is 1. The monoisotopic (exact) mass is 448 g/mol. The lowest BCUT2D eigenvalue weighted by Crippen LogP contribution is -2.24. The van der Waals surface area contributed by atoms with Gasteiger partial charge in [-0.05, 0) is 5.56 Å². The predicted octanol–water partition coefficient (Wildman–Crippen LogP) is 2.69. The maximum absolute atomic E-state index is 11.7. The van der Waals surface area contributed by atoms with Crippen LogP contribution in [0.5, 0.6) is 11.8 Å². The van der Waals surface area contributed by atoms with Crippen molar-refractivity contribution in [3.8, 4) is 11.8 Å². The second kappa shape index (κ2) is 9.36. The minimum atomic E-state index is -4.40. The summed E-state index contributed by atoms with van der Waals surface area (Å²) >= 11 is 0. The Labute approximate surface area is 177 Å². The lowest BCUT2D eigenvalue weighted by atomic mass is 10.1. The number of non-ortho nitro benzene ring substituents is 1. The van der Waals surface area contributed by atoms with Gasteiger partial charge in [-0.1, -0.05) is 30.3 Å². The molecule has 1 heterocycles. The van der Waals surface area contributed by atoms with Crippen molar-refractivity contribution < 1.29 is 28.7 Å². The normalized spacial score (nSPS) is 11.6. The van der Waals surface area contributed by atoms with E-state index in [0.29, 0.717) is 11.1 Å². The molecule has 2 N–H and O–H groups in total. The smallest absolute Gasteiger partial charge is 0.339 e. The lowest BCUT2D eigenvalue weighted by molar-refractivity contribution is -0.384. The zero-order valence-corrected chi connectivity index (χ0v) is 17.7. The highest BCUT2D eigenvalue weighted by Gasteiger charge is 2.23. The molecule has 0 aliphatic carbocycles. The first-order valence-electron chi connectivity index (χ1n) is 9.08. The molecule has 11 nitrogen and oxygen atoms in total. The molecular weight excluding hydrogens is 427 g/mol. The Morgan fingerprint density at radius 2 is 1.71 bits per heavy atom. The van der Waals surface area contributed by atoms with Gasteiger partial charge in [0.05, 0.1) is 24.7 Å². The summed E-state index contributed by atoms with van der Waals surface area (Å²) in [7, 11) is -1.64. The Hall–Kier alpha value is -3.11. The molecule has 0 saturated carbocycles. The summed E-state index contributed by atoms with van der Waals surface area (Å²) in [5.41, 5.74) is 1.50. The van der Waals surface area contributed by atoms with E-state index in [0.717, 1.165) is 5.56 Å². The van der Waals surface area contributed by atoms with Crippen LogP contribution in [0.1, 0.15) is 11.1 Å². The van der Waals surface area contributed by atoms with Crippen molar-refractivity contribution in [1.29, 1.82) is 0 Å². The van der Waals surface area contributed by atoms with E-state index >= 15 is 0 Å². The molecule has 1 aromatic heterocycles. The average Bonchev–Trinajstić information content (AvgIpc) is 2.72. The maximum atomic E-state index is 11.7. The standard InChI is InChI=1S/C19H21N4O7P/c1-29-18-19(30-2)21-17-14(8-15(23(24)25)9-16(17)20-18)11-22(12-31(26,27)28)10-13-6-4-3-5-7-13/h3-9H,10-12H2,1-2H3,(H2,26,27,28). The van der Waals surface area contributed by atoms with Gasteiger partial charge < -0.3 is 19.3 Å². The number of ether oxygens (including phenoxy) is 2. The molecule has 0 saturated heterocycles. The van der Waals surface area contributed by atoms with E-state index in [4.69, 9.17) is 9.47 Å². The van der Waals surface area contributed by atoms with E-state index in [1.165, 1.54) is 31.3 Å². The van der Waals surface area contributed by atoms with Crippen LogP contribution in [0.2, 0.25) is 0 Å². The zero-order chi connectivity index (χ0) is 22.6. The first-order chi connectivity index (χ1) is 14.7. The number of aromatic nitrogens is 2. The fourth-order valence-electron chi connectivity index (χ4n) is 3.17. The van der Waals surface area contributed by atoms with Gasteiger partial charge in [0.25, 0.3) is 17.4 Å². The van der Waals surface area contributed by atoms with Crippen LogP contribution in [-0.2, 0) is 17.7 Å². The van der Waals surface area contributed by atoms with Gasteiger partial charge in [-0.15, -0.1) is 0 Å². The summed E-state index contributed by atoms with van der Waals surface area (Å²) in [6.07, 6.45) is -0.535. The van der Waals surface area contributed by atoms with Gasteiger partial charge in [-0.3, -0.25) is 19.6 Å². The zero-order valence-electron chi connectivity index (χ0n) is 16.8. The molecule has 31 heavy (non-hydrogen) atoms. The minimum absolute atomic E-state index is 0.0116. The molecule has 0 unspecified atom stereocenters. The molecular formula is C19H21N4O7P. The van der Waals surface area contributed by atoms with E-state index < -0.39 is 18.8 Å². The van der Waals surface area contributed by atoms with Gasteiger partial charge in [0.15, 0.2) is 0 Å². The van der Waals surface area contributed by atoms with Gasteiger partial charge in [-0.2, -0.15) is 0 Å². The molecule has 0 amide bonds. The van der Waals surface area contributed by atoms with Crippen LogP contribution in [0.3, 0.4) is 0 Å². The largest absolute Gasteiger partial charge is 0.477 e. The second-order valence-corrected chi connectivity index (χ2v) is 8.36. The lowest BCUT2D eigenvalue weighted by Gasteiger charge is -2.23. The molecule has 3 aromatic rings. The van der Waals surface area contributed by atoms with Crippen molar-refractivity contribution in [2.45, 2.75) is 13.1 Å². The number of benzene rings is 2. The van der Waals surface area contributed by atoms with Crippen LogP contribution in [0.15, 0.2) is 42.5 Å². The van der Waals surface area contributed by atoms with E-state index in [-0.39, 0.29) is 36.1 Å². The molecule has 3 rings (SSSR count). The molecule has 2 aromatic carbocycles. The number of hydrogen-bond acceptors (Lipinski definition) is 8. The van der Waals surface area contributed by atoms with Gasteiger partial charge in [-0.25, -0.2) is 9.97 Å². The highest BCUT2D eigenvalue weighted by Crippen LogP contribution is 2.37. The van der Waals surface area contributed by atoms with Crippen LogP contribution in [0.25, 0.3) is 11.0 Å². The molecule has 0 aliphatic rings. The third kappa shape index (κ3) is 5.74. The Bertz CT molecular complexity index is 1140. The Morgan fingerprint density at radius 1 is 1.06 bits per heavy atom. The summed E-state index contributed by atoms with van der Waals surface area (Å²) < 4.78 is 22.0. The van der Waals surface area contributed by atoms with E-state index in [1.807, 2.05) is 30.3 Å². The minimum Gasteiger partial charge on any atom is -0.477 e. The average molecular weight is 448 g/mol. The van der Waals surface area contributed by atoms with Crippen LogP contribution in [0, 0.1) is 10.1 Å². The van der Waals surface area contributed by atoms with Crippen LogP contribution in [-0.4, -0.2) is 50.1 Å². The molecule has 0 spiro atoms. The molecule has 0 aliphatic heterocycles. The summed E-state index contributed by atoms with van der Waals surface area (Å²) in [4.78, 5) is 40.1. The first kappa shape index (κ1) is 22.6. The number of methoxy groups -OCH3 is 2. The molecule has 0 atom stereocenters. The number of fused-ring (bicyclic) bond motifs is 1. The topological polar surface area (TPSA) is 148 Å². The Kier molecular flexibility index (Phi) is 6.81. The Morgan fingerprint density at radius 3 is 2.29 bits per heavy atom. The predicted molar refractivity (Wildman–Crippen MR) is 112 cm³/mol. The quantitative estimate of drug-likeness (QED) is 0.284. The van der Waals surface area contributed by atoms with E-state index in [1.54, 1.807) is 0 Å². The van der Waals surface area contributed by atoms with Crippen molar-refractivity contribution in [3.05, 3.63) is 63.7 Å². The van der Waals surface area contributed by atoms with Crippen molar-refractivity contribution in [2.24, 2.45) is 0 Å². The number of nitrogens with zero attached hydrogens (tertiary/aromatic N) is 4. The SMILES string of the molecule is COc1nc2cc([N+](=O)[O-])cc(CN(Cc3ccccc3)CP(=O)(O)O)c2nc1OC. The summed E-state index contributed by atoms with van der Waals surface area (Å²) in [6.45, 7) is 0.208. The van der Waals surface area contributed by atoms with E-state index in [9.17, 15) is 24.5 Å². The number of nitro groups is 1. The van der Waals surface area contributed by atoms with Crippen molar-refractivity contribution >= 4 is 24.3 Å². The van der Waals surface area contributed by atoms with Crippen LogP contribution in [0.4, 0.5) is 5.69 Å². The molecule has 0 radical (unpaired) electrons. The summed E-state index contributed by atoms with van der Waals surface area (Å²) in [6, 6.07) is 11.7. The highest BCUT2D eigenvalue weighted by atomic mass is 31.2. The summed E-state index contributed by atoms with van der Waals surface area (Å²) in [5.74, 6) is 0.160. The van der Waals surface area contributed by atoms with Gasteiger partial charge in [0, 0.05) is 30.8 Å². The van der Waals surface area contributed by atoms with Gasteiger partial charge >= 0.3 is 7.60 Å². The van der Waals surface area contributed by atoms with Gasteiger partial charge in [0.1, 0.15) is 11.8 Å². The third-order valence-electron chi connectivity index (χ3n) is 4.40. The molecule has 164 valence electrons.